The molecule has 2 N–H and O–H groups in total. The third kappa shape index (κ3) is 4.72. The molecular formula is C14H18N2O2S. The molecule has 0 aliphatic rings. The minimum absolute atomic E-state index is 0.0763. The van der Waals surface area contributed by atoms with Crippen LogP contribution in [0.5, 0.6) is 0 Å². The number of hydrogen-bond acceptors (Lipinski definition) is 5. The third-order valence-electron chi connectivity index (χ3n) is 2.56. The van der Waals surface area contributed by atoms with Gasteiger partial charge in [-0.15, -0.1) is 11.3 Å². The van der Waals surface area contributed by atoms with Crippen molar-refractivity contribution in [1.29, 1.82) is 0 Å². The van der Waals surface area contributed by atoms with Gasteiger partial charge >= 0.3 is 0 Å². The van der Waals surface area contributed by atoms with E-state index in [1.807, 2.05) is 18.2 Å². The standard InChI is InChI=1S/C14H18N2O2S/c17-7-9-18-8-6-15-10-14-16-13(11-19-14)12-4-2-1-3-5-12/h1-5,11,15,17H,6-10H2. The number of nitrogens with zero attached hydrogens (tertiary/aromatic N) is 1. The summed E-state index contributed by atoms with van der Waals surface area (Å²) < 4.78 is 5.17. The first kappa shape index (κ1) is 14.1. The van der Waals surface area contributed by atoms with Gasteiger partial charge in [0.1, 0.15) is 5.01 Å². The van der Waals surface area contributed by atoms with E-state index in [9.17, 15) is 0 Å². The van der Waals surface area contributed by atoms with Crippen LogP contribution in [-0.4, -0.2) is 36.5 Å². The predicted octanol–water partition coefficient (Wildman–Crippen LogP) is 1.91. The van der Waals surface area contributed by atoms with Crippen molar-refractivity contribution in [2.75, 3.05) is 26.4 Å². The number of thiazole rings is 1. The number of benzene rings is 1. The zero-order chi connectivity index (χ0) is 13.3. The summed E-state index contributed by atoms with van der Waals surface area (Å²) in [5.74, 6) is 0. The van der Waals surface area contributed by atoms with Crippen LogP contribution in [0.2, 0.25) is 0 Å². The lowest BCUT2D eigenvalue weighted by atomic mass is 10.2. The Morgan fingerprint density at radius 2 is 2.05 bits per heavy atom. The molecule has 0 unspecified atom stereocenters. The van der Waals surface area contributed by atoms with E-state index in [4.69, 9.17) is 9.84 Å². The van der Waals surface area contributed by atoms with E-state index >= 15 is 0 Å². The van der Waals surface area contributed by atoms with Gasteiger partial charge in [-0.1, -0.05) is 30.3 Å². The van der Waals surface area contributed by atoms with Gasteiger partial charge in [0.2, 0.25) is 0 Å². The van der Waals surface area contributed by atoms with E-state index in [-0.39, 0.29) is 6.61 Å². The van der Waals surface area contributed by atoms with Crippen molar-refractivity contribution < 1.29 is 9.84 Å². The minimum Gasteiger partial charge on any atom is -0.394 e. The number of rotatable bonds is 8. The van der Waals surface area contributed by atoms with Crippen molar-refractivity contribution in [3.63, 3.8) is 0 Å². The molecule has 2 aromatic rings. The summed E-state index contributed by atoms with van der Waals surface area (Å²) in [6.07, 6.45) is 0. The number of nitrogens with one attached hydrogen (secondary N) is 1. The van der Waals surface area contributed by atoms with Crippen LogP contribution in [-0.2, 0) is 11.3 Å². The van der Waals surface area contributed by atoms with E-state index in [1.165, 1.54) is 0 Å². The van der Waals surface area contributed by atoms with E-state index < -0.39 is 0 Å². The monoisotopic (exact) mass is 278 g/mol. The molecule has 102 valence electrons. The second-order valence-electron chi connectivity index (χ2n) is 4.01. The molecule has 5 heteroatoms. The summed E-state index contributed by atoms with van der Waals surface area (Å²) in [7, 11) is 0. The first-order valence-corrected chi connectivity index (χ1v) is 7.17. The highest BCUT2D eigenvalue weighted by Gasteiger charge is 2.03. The van der Waals surface area contributed by atoms with Gasteiger partial charge in [0, 0.05) is 24.0 Å². The van der Waals surface area contributed by atoms with Crippen LogP contribution in [0.25, 0.3) is 11.3 Å². The predicted molar refractivity (Wildman–Crippen MR) is 77.2 cm³/mol. The Bertz CT molecular complexity index is 473. The van der Waals surface area contributed by atoms with Gasteiger partial charge in [-0.05, 0) is 0 Å². The largest absolute Gasteiger partial charge is 0.394 e. The second-order valence-corrected chi connectivity index (χ2v) is 4.95. The van der Waals surface area contributed by atoms with Gasteiger partial charge in [-0.2, -0.15) is 0 Å². The van der Waals surface area contributed by atoms with E-state index in [1.54, 1.807) is 11.3 Å². The zero-order valence-corrected chi connectivity index (χ0v) is 11.5. The van der Waals surface area contributed by atoms with Crippen LogP contribution in [0.4, 0.5) is 0 Å². The highest BCUT2D eigenvalue weighted by atomic mass is 32.1. The third-order valence-corrected chi connectivity index (χ3v) is 3.41. The van der Waals surface area contributed by atoms with Crippen molar-refractivity contribution in [1.82, 2.24) is 10.3 Å². The summed E-state index contributed by atoms with van der Waals surface area (Å²) in [4.78, 5) is 4.59. The highest BCUT2D eigenvalue weighted by molar-refractivity contribution is 7.09. The Balaban J connectivity index is 1.75. The molecule has 1 aromatic carbocycles. The molecule has 0 aliphatic carbocycles. The van der Waals surface area contributed by atoms with Gasteiger partial charge in [0.05, 0.1) is 25.5 Å². The van der Waals surface area contributed by atoms with Gasteiger partial charge < -0.3 is 15.2 Å². The Kier molecular flexibility index (Phi) is 5.97. The molecule has 4 nitrogen and oxygen atoms in total. The Labute approximate surface area is 117 Å². The number of aliphatic hydroxyl groups excluding tert-OH is 1. The summed E-state index contributed by atoms with van der Waals surface area (Å²) in [5, 5.41) is 15.0. The van der Waals surface area contributed by atoms with Crippen LogP contribution >= 0.6 is 11.3 Å². The van der Waals surface area contributed by atoms with Crippen LogP contribution in [0.1, 0.15) is 5.01 Å². The summed E-state index contributed by atoms with van der Waals surface area (Å²) in [6, 6.07) is 10.2. The van der Waals surface area contributed by atoms with Crippen LogP contribution in [0, 0.1) is 0 Å². The molecule has 2 rings (SSSR count). The molecule has 0 amide bonds. The molecule has 0 saturated carbocycles. The van der Waals surface area contributed by atoms with E-state index in [0.717, 1.165) is 29.4 Å². The van der Waals surface area contributed by atoms with Gasteiger partial charge in [-0.25, -0.2) is 4.98 Å². The van der Waals surface area contributed by atoms with Crippen molar-refractivity contribution >= 4 is 11.3 Å². The summed E-state index contributed by atoms with van der Waals surface area (Å²) in [5.41, 5.74) is 2.18. The lowest BCUT2D eigenvalue weighted by Crippen LogP contribution is -2.19. The summed E-state index contributed by atoms with van der Waals surface area (Å²) >= 11 is 1.66. The van der Waals surface area contributed by atoms with Crippen LogP contribution in [0.3, 0.4) is 0 Å². The highest BCUT2D eigenvalue weighted by Crippen LogP contribution is 2.21. The molecule has 1 heterocycles. The molecule has 0 atom stereocenters. The fraction of sp³-hybridized carbons (Fsp3) is 0.357. The Morgan fingerprint density at radius 3 is 2.84 bits per heavy atom. The Morgan fingerprint density at radius 1 is 1.21 bits per heavy atom. The van der Waals surface area contributed by atoms with Crippen molar-refractivity contribution in [3.8, 4) is 11.3 Å². The fourth-order valence-corrected chi connectivity index (χ4v) is 2.41. The molecule has 0 spiro atoms. The molecular weight excluding hydrogens is 260 g/mol. The van der Waals surface area contributed by atoms with Crippen molar-refractivity contribution in [3.05, 3.63) is 40.7 Å². The van der Waals surface area contributed by atoms with Crippen molar-refractivity contribution in [2.24, 2.45) is 0 Å². The second kappa shape index (κ2) is 8.01. The maximum Gasteiger partial charge on any atom is 0.107 e. The van der Waals surface area contributed by atoms with Gasteiger partial charge in [-0.3, -0.25) is 0 Å². The number of ether oxygens (including phenoxy) is 1. The molecule has 0 radical (unpaired) electrons. The first-order valence-electron chi connectivity index (χ1n) is 6.29. The molecule has 1 aromatic heterocycles. The minimum atomic E-state index is 0.0763. The lowest BCUT2D eigenvalue weighted by Gasteiger charge is -2.03. The number of hydrogen-bond donors (Lipinski definition) is 2. The van der Waals surface area contributed by atoms with E-state index in [2.05, 4.69) is 27.8 Å². The average molecular weight is 278 g/mol. The molecule has 19 heavy (non-hydrogen) atoms. The molecule has 0 saturated heterocycles. The summed E-state index contributed by atoms with van der Waals surface area (Å²) in [6.45, 7) is 2.60. The van der Waals surface area contributed by atoms with Gasteiger partial charge in [0.15, 0.2) is 0 Å². The van der Waals surface area contributed by atoms with Gasteiger partial charge in [0.25, 0.3) is 0 Å². The maximum absolute atomic E-state index is 8.56. The zero-order valence-electron chi connectivity index (χ0n) is 10.7. The topological polar surface area (TPSA) is 54.4 Å². The molecule has 0 fully saturated rings. The fourth-order valence-electron chi connectivity index (χ4n) is 1.64. The quantitative estimate of drug-likeness (QED) is 0.724. The smallest absolute Gasteiger partial charge is 0.107 e. The van der Waals surface area contributed by atoms with Crippen LogP contribution < -0.4 is 5.32 Å². The molecule has 0 bridgehead atoms. The average Bonchev–Trinajstić information content (AvgIpc) is 2.92. The normalized spacial score (nSPS) is 10.8. The Hall–Kier alpha value is -1.27. The number of aromatic nitrogens is 1. The maximum atomic E-state index is 8.56. The lowest BCUT2D eigenvalue weighted by molar-refractivity contribution is 0.0938. The van der Waals surface area contributed by atoms with Crippen molar-refractivity contribution in [2.45, 2.75) is 6.54 Å². The molecule has 0 aliphatic heterocycles. The SMILES string of the molecule is OCCOCCNCc1nc(-c2ccccc2)cs1. The van der Waals surface area contributed by atoms with Crippen LogP contribution in [0.15, 0.2) is 35.7 Å². The first-order chi connectivity index (χ1) is 9.40. The number of aliphatic hydroxyl groups is 1. The van der Waals surface area contributed by atoms with E-state index in [0.29, 0.717) is 13.2 Å².